The average Bonchev–Trinajstić information content (AvgIpc) is 2.81. The molecule has 0 aliphatic carbocycles. The molecule has 0 radical (unpaired) electrons. The molecule has 0 saturated heterocycles. The fraction of sp³-hybridized carbons (Fsp3) is 0.188. The second kappa shape index (κ2) is 5.78. The van der Waals surface area contributed by atoms with Crippen molar-refractivity contribution in [2.75, 3.05) is 0 Å². The summed E-state index contributed by atoms with van der Waals surface area (Å²) in [7, 11) is 0. The van der Waals surface area contributed by atoms with Gasteiger partial charge >= 0.3 is 0 Å². The van der Waals surface area contributed by atoms with Crippen molar-refractivity contribution in [1.29, 1.82) is 0 Å². The second-order valence-electron chi connectivity index (χ2n) is 4.85. The highest BCUT2D eigenvalue weighted by Crippen LogP contribution is 2.33. The molecule has 0 spiro atoms. The van der Waals surface area contributed by atoms with E-state index in [1.54, 1.807) is 12.1 Å². The van der Waals surface area contributed by atoms with E-state index in [2.05, 4.69) is 20.9 Å². The number of hydrogen-bond acceptors (Lipinski definition) is 2. The third kappa shape index (κ3) is 2.83. The molecule has 2 aromatic rings. The van der Waals surface area contributed by atoms with Crippen molar-refractivity contribution in [2.24, 2.45) is 4.99 Å². The van der Waals surface area contributed by atoms with Gasteiger partial charge in [0.2, 0.25) is 5.90 Å². The van der Waals surface area contributed by atoms with Gasteiger partial charge < -0.3 is 4.74 Å². The van der Waals surface area contributed by atoms with Crippen LogP contribution in [0.3, 0.4) is 0 Å². The molecule has 1 aliphatic rings. The molecule has 0 amide bonds. The van der Waals surface area contributed by atoms with Gasteiger partial charge in [-0.2, -0.15) is 0 Å². The van der Waals surface area contributed by atoms with Crippen molar-refractivity contribution in [3.8, 4) is 0 Å². The Hall–Kier alpha value is -1.39. The quantitative estimate of drug-likeness (QED) is 0.718. The van der Waals surface area contributed by atoms with Crippen molar-refractivity contribution in [3.05, 3.63) is 68.9 Å². The van der Waals surface area contributed by atoms with Crippen LogP contribution in [0.4, 0.5) is 4.39 Å². The monoisotopic (exact) mass is 367 g/mol. The van der Waals surface area contributed by atoms with E-state index in [4.69, 9.17) is 16.3 Å². The molecule has 0 N–H and O–H groups in total. The first-order valence-corrected chi connectivity index (χ1v) is 7.67. The highest BCUT2D eigenvalue weighted by molar-refractivity contribution is 9.10. The van der Waals surface area contributed by atoms with Gasteiger partial charge in [0.25, 0.3) is 0 Å². The first-order valence-electron chi connectivity index (χ1n) is 6.50. The van der Waals surface area contributed by atoms with E-state index in [9.17, 15) is 4.39 Å². The molecule has 0 fully saturated rings. The summed E-state index contributed by atoms with van der Waals surface area (Å²) in [6, 6.07) is 12.2. The summed E-state index contributed by atoms with van der Waals surface area (Å²) in [5.41, 5.74) is 1.25. The van der Waals surface area contributed by atoms with Gasteiger partial charge in [0.05, 0.1) is 10.6 Å². The maximum atomic E-state index is 14.0. The molecule has 0 aromatic heterocycles. The van der Waals surface area contributed by atoms with E-state index in [0.29, 0.717) is 5.02 Å². The number of halogens is 3. The van der Waals surface area contributed by atoms with Crippen molar-refractivity contribution in [2.45, 2.75) is 19.1 Å². The van der Waals surface area contributed by atoms with Crippen LogP contribution in [0.1, 0.15) is 24.1 Å². The standard InChI is InChI=1S/C16H12BrClFNO/c1-9-15(10-5-7-11(17)8-6-10)20-16(21-9)14-12(18)3-2-4-13(14)19/h2-9,15H,1H3/t9-,15-/m0/s1. The Kier molecular flexibility index (Phi) is 4.00. The highest BCUT2D eigenvalue weighted by atomic mass is 79.9. The summed E-state index contributed by atoms with van der Waals surface area (Å²) in [4.78, 5) is 4.52. The van der Waals surface area contributed by atoms with Crippen molar-refractivity contribution < 1.29 is 9.13 Å². The first kappa shape index (κ1) is 14.5. The Balaban J connectivity index is 1.99. The van der Waals surface area contributed by atoms with Crippen LogP contribution in [0.15, 0.2) is 51.9 Å². The number of ether oxygens (including phenoxy) is 1. The fourth-order valence-corrected chi connectivity index (χ4v) is 2.84. The van der Waals surface area contributed by atoms with Gasteiger partial charge in [0, 0.05) is 4.47 Å². The summed E-state index contributed by atoms with van der Waals surface area (Å²) in [5, 5.41) is 0.303. The second-order valence-corrected chi connectivity index (χ2v) is 6.17. The fourth-order valence-electron chi connectivity index (χ4n) is 2.33. The Morgan fingerprint density at radius 2 is 1.90 bits per heavy atom. The summed E-state index contributed by atoms with van der Waals surface area (Å²) in [6.45, 7) is 1.91. The predicted molar refractivity (Wildman–Crippen MR) is 85.4 cm³/mol. The van der Waals surface area contributed by atoms with Crippen LogP contribution in [-0.4, -0.2) is 12.0 Å². The lowest BCUT2D eigenvalue weighted by Crippen LogP contribution is -2.13. The van der Waals surface area contributed by atoms with Gasteiger partial charge in [-0.1, -0.05) is 45.7 Å². The maximum Gasteiger partial charge on any atom is 0.221 e. The predicted octanol–water partition coefficient (Wildman–Crippen LogP) is 5.15. The highest BCUT2D eigenvalue weighted by Gasteiger charge is 2.31. The minimum atomic E-state index is -0.426. The van der Waals surface area contributed by atoms with Crippen LogP contribution in [-0.2, 0) is 4.74 Å². The zero-order valence-electron chi connectivity index (χ0n) is 11.2. The number of aliphatic imine (C=N–C) groups is 1. The number of rotatable bonds is 2. The van der Waals surface area contributed by atoms with E-state index in [1.165, 1.54) is 6.07 Å². The normalized spacial score (nSPS) is 21.0. The molecule has 2 atom stereocenters. The van der Waals surface area contributed by atoms with E-state index in [-0.39, 0.29) is 23.6 Å². The Morgan fingerprint density at radius 1 is 1.19 bits per heavy atom. The van der Waals surface area contributed by atoms with Gasteiger partial charge in [-0.3, -0.25) is 0 Å². The van der Waals surface area contributed by atoms with Gasteiger partial charge in [-0.15, -0.1) is 0 Å². The van der Waals surface area contributed by atoms with Crippen LogP contribution in [0.25, 0.3) is 0 Å². The first-order chi connectivity index (χ1) is 10.1. The Bertz CT molecular complexity index is 682. The van der Waals surface area contributed by atoms with Gasteiger partial charge in [0.15, 0.2) is 0 Å². The van der Waals surface area contributed by atoms with Crippen molar-refractivity contribution >= 4 is 33.4 Å². The molecule has 2 nitrogen and oxygen atoms in total. The molecule has 1 aliphatic heterocycles. The molecule has 0 saturated carbocycles. The van der Waals surface area contributed by atoms with E-state index in [1.807, 2.05) is 31.2 Å². The summed E-state index contributed by atoms with van der Waals surface area (Å²) < 4.78 is 20.7. The summed E-state index contributed by atoms with van der Waals surface area (Å²) in [5.74, 6) is -0.163. The summed E-state index contributed by atoms with van der Waals surface area (Å²) in [6.07, 6.45) is -0.170. The van der Waals surface area contributed by atoms with Crippen LogP contribution in [0.5, 0.6) is 0 Å². The van der Waals surface area contributed by atoms with Crippen LogP contribution in [0.2, 0.25) is 5.02 Å². The zero-order chi connectivity index (χ0) is 15.0. The molecule has 108 valence electrons. The van der Waals surface area contributed by atoms with Gasteiger partial charge in [-0.05, 0) is 36.8 Å². The van der Waals surface area contributed by atoms with Crippen molar-refractivity contribution in [3.63, 3.8) is 0 Å². The molecule has 1 heterocycles. The molecule has 2 aromatic carbocycles. The van der Waals surface area contributed by atoms with Gasteiger partial charge in [0.1, 0.15) is 18.0 Å². The van der Waals surface area contributed by atoms with E-state index < -0.39 is 5.82 Å². The molecule has 0 unspecified atom stereocenters. The molecule has 3 rings (SSSR count). The average molecular weight is 369 g/mol. The lowest BCUT2D eigenvalue weighted by Gasteiger charge is -2.13. The molecule has 21 heavy (non-hydrogen) atoms. The summed E-state index contributed by atoms with van der Waals surface area (Å²) >= 11 is 9.47. The molecule has 0 bridgehead atoms. The largest absolute Gasteiger partial charge is 0.472 e. The number of nitrogens with zero attached hydrogens (tertiary/aromatic N) is 1. The number of benzene rings is 2. The third-order valence-corrected chi connectivity index (χ3v) is 4.23. The Labute approximate surface area is 135 Å². The van der Waals surface area contributed by atoms with E-state index in [0.717, 1.165) is 10.0 Å². The van der Waals surface area contributed by atoms with Crippen LogP contribution >= 0.6 is 27.5 Å². The minimum absolute atomic E-state index is 0.163. The van der Waals surface area contributed by atoms with Crippen LogP contribution < -0.4 is 0 Å². The SMILES string of the molecule is C[C@@H]1OC(c2c(F)cccc2Cl)=N[C@@H]1c1ccc(Br)cc1. The maximum absolute atomic E-state index is 14.0. The topological polar surface area (TPSA) is 21.6 Å². The zero-order valence-corrected chi connectivity index (χ0v) is 13.5. The lowest BCUT2D eigenvalue weighted by molar-refractivity contribution is 0.213. The molecule has 5 heteroatoms. The third-order valence-electron chi connectivity index (χ3n) is 3.39. The Morgan fingerprint density at radius 3 is 2.57 bits per heavy atom. The van der Waals surface area contributed by atoms with Gasteiger partial charge in [-0.25, -0.2) is 9.38 Å². The minimum Gasteiger partial charge on any atom is -0.472 e. The van der Waals surface area contributed by atoms with E-state index >= 15 is 0 Å². The molecular weight excluding hydrogens is 357 g/mol. The van der Waals surface area contributed by atoms with Crippen molar-refractivity contribution in [1.82, 2.24) is 0 Å². The smallest absolute Gasteiger partial charge is 0.221 e. The molecular formula is C16H12BrClFNO. The van der Waals surface area contributed by atoms with Crippen LogP contribution in [0, 0.1) is 5.82 Å². The lowest BCUT2D eigenvalue weighted by atomic mass is 10.0. The number of hydrogen-bond donors (Lipinski definition) is 0.